The number of hydrogen-bond donors (Lipinski definition) is 2. The van der Waals surface area contributed by atoms with Gasteiger partial charge < -0.3 is 19.7 Å². The Labute approximate surface area is 149 Å². The number of aliphatic hydroxyl groups excluding tert-OH is 1. The van der Waals surface area contributed by atoms with Gasteiger partial charge >= 0.3 is 5.63 Å². The van der Waals surface area contributed by atoms with Gasteiger partial charge in [-0.05, 0) is 31.4 Å². The van der Waals surface area contributed by atoms with Gasteiger partial charge in [0.1, 0.15) is 11.1 Å². The topological polar surface area (TPSA) is 99.8 Å². The molecule has 1 aromatic heterocycles. The first-order valence-electron chi connectivity index (χ1n) is 8.77. The van der Waals surface area contributed by atoms with Crippen LogP contribution in [0, 0.1) is 5.41 Å². The van der Waals surface area contributed by atoms with Crippen LogP contribution < -0.4 is 10.9 Å². The Hall–Kier alpha value is -2.67. The molecule has 7 heteroatoms. The Morgan fingerprint density at radius 2 is 1.96 bits per heavy atom. The van der Waals surface area contributed by atoms with E-state index in [1.807, 2.05) is 6.07 Å². The molecule has 2 aliphatic rings. The van der Waals surface area contributed by atoms with Crippen LogP contribution in [0.2, 0.25) is 0 Å². The predicted octanol–water partition coefficient (Wildman–Crippen LogP) is 0.896. The molecule has 0 bridgehead atoms. The Morgan fingerprint density at radius 1 is 1.23 bits per heavy atom. The van der Waals surface area contributed by atoms with Crippen LogP contribution >= 0.6 is 0 Å². The maximum Gasteiger partial charge on any atom is 0.349 e. The largest absolute Gasteiger partial charge is 0.422 e. The average Bonchev–Trinajstić information content (AvgIpc) is 2.64. The fourth-order valence-electron chi connectivity index (χ4n) is 3.96. The molecule has 2 amide bonds. The highest BCUT2D eigenvalue weighted by Crippen LogP contribution is 2.38. The van der Waals surface area contributed by atoms with E-state index in [0.717, 1.165) is 0 Å². The van der Waals surface area contributed by atoms with Crippen molar-refractivity contribution in [1.82, 2.24) is 10.2 Å². The SMILES string of the molecule is O=C(c1cc2ccccc2oc1=O)N1CCC2(CC1)CC(O)CNC2=O. The second kappa shape index (κ2) is 6.25. The summed E-state index contributed by atoms with van der Waals surface area (Å²) in [6.45, 7) is 1.01. The molecule has 1 unspecified atom stereocenters. The molecule has 7 nitrogen and oxygen atoms in total. The van der Waals surface area contributed by atoms with Crippen molar-refractivity contribution in [2.24, 2.45) is 5.41 Å². The highest BCUT2D eigenvalue weighted by molar-refractivity contribution is 5.97. The van der Waals surface area contributed by atoms with Gasteiger partial charge in [0.25, 0.3) is 5.91 Å². The number of para-hydroxylation sites is 1. The number of hydrogen-bond acceptors (Lipinski definition) is 5. The molecule has 2 saturated heterocycles. The second-order valence-electron chi connectivity index (χ2n) is 7.13. The lowest BCUT2D eigenvalue weighted by Crippen LogP contribution is -2.56. The standard InChI is InChI=1S/C19H20N2O5/c22-13-10-19(18(25)20-11-13)5-7-21(8-6-19)16(23)14-9-12-3-1-2-4-15(12)26-17(14)24/h1-4,9,13,22H,5-8,10-11H2,(H,20,25). The number of β-amino-alcohol motifs (C(OH)–C–C–N with tert-alkyl or cyclic N) is 1. The highest BCUT2D eigenvalue weighted by Gasteiger charge is 2.46. The lowest BCUT2D eigenvalue weighted by atomic mass is 9.71. The van der Waals surface area contributed by atoms with Crippen molar-refractivity contribution in [1.29, 1.82) is 0 Å². The van der Waals surface area contributed by atoms with Gasteiger partial charge in [-0.3, -0.25) is 9.59 Å². The lowest BCUT2D eigenvalue weighted by Gasteiger charge is -2.44. The number of nitrogens with zero attached hydrogens (tertiary/aromatic N) is 1. The maximum atomic E-state index is 12.8. The average molecular weight is 356 g/mol. The minimum atomic E-state index is -0.653. The number of likely N-dealkylation sites (tertiary alicyclic amines) is 1. The van der Waals surface area contributed by atoms with Crippen molar-refractivity contribution in [3.63, 3.8) is 0 Å². The summed E-state index contributed by atoms with van der Waals surface area (Å²) in [5, 5.41) is 13.3. The molecule has 1 spiro atoms. The van der Waals surface area contributed by atoms with E-state index in [1.54, 1.807) is 29.2 Å². The third-order valence-corrected chi connectivity index (χ3v) is 5.49. The quantitative estimate of drug-likeness (QED) is 0.740. The summed E-state index contributed by atoms with van der Waals surface area (Å²) < 4.78 is 5.25. The number of aliphatic hydroxyl groups is 1. The van der Waals surface area contributed by atoms with E-state index >= 15 is 0 Å². The number of nitrogens with one attached hydrogen (secondary N) is 1. The van der Waals surface area contributed by atoms with Crippen LogP contribution in [0.4, 0.5) is 0 Å². The smallest absolute Gasteiger partial charge is 0.349 e. The molecule has 26 heavy (non-hydrogen) atoms. The summed E-state index contributed by atoms with van der Waals surface area (Å²) in [5.74, 6) is -0.434. The van der Waals surface area contributed by atoms with Gasteiger partial charge in [0.15, 0.2) is 0 Å². The zero-order chi connectivity index (χ0) is 18.3. The van der Waals surface area contributed by atoms with Crippen LogP contribution in [-0.4, -0.2) is 47.6 Å². The second-order valence-corrected chi connectivity index (χ2v) is 7.13. The van der Waals surface area contributed by atoms with E-state index in [-0.39, 0.29) is 23.9 Å². The first-order chi connectivity index (χ1) is 12.5. The summed E-state index contributed by atoms with van der Waals surface area (Å²) in [6, 6.07) is 8.61. The van der Waals surface area contributed by atoms with Gasteiger partial charge in [0, 0.05) is 25.0 Å². The molecule has 0 aliphatic carbocycles. The molecule has 136 valence electrons. The minimum Gasteiger partial charge on any atom is -0.422 e. The molecule has 1 aromatic carbocycles. The monoisotopic (exact) mass is 356 g/mol. The van der Waals surface area contributed by atoms with Gasteiger partial charge in [-0.2, -0.15) is 0 Å². The van der Waals surface area contributed by atoms with Crippen molar-refractivity contribution in [2.45, 2.75) is 25.4 Å². The fraction of sp³-hybridized carbons (Fsp3) is 0.421. The number of carbonyl (C=O) groups excluding carboxylic acids is 2. The number of carbonyl (C=O) groups is 2. The van der Waals surface area contributed by atoms with Crippen LogP contribution in [0.5, 0.6) is 0 Å². The van der Waals surface area contributed by atoms with Crippen LogP contribution in [0.15, 0.2) is 39.5 Å². The minimum absolute atomic E-state index is 0.00720. The van der Waals surface area contributed by atoms with Gasteiger partial charge in [-0.15, -0.1) is 0 Å². The number of rotatable bonds is 1. The zero-order valence-electron chi connectivity index (χ0n) is 14.2. The Bertz CT molecular complexity index is 927. The van der Waals surface area contributed by atoms with Gasteiger partial charge in [0.05, 0.1) is 11.5 Å². The van der Waals surface area contributed by atoms with E-state index in [4.69, 9.17) is 4.42 Å². The first-order valence-corrected chi connectivity index (χ1v) is 8.77. The van der Waals surface area contributed by atoms with Crippen LogP contribution in [0.3, 0.4) is 0 Å². The van der Waals surface area contributed by atoms with Crippen LogP contribution in [-0.2, 0) is 4.79 Å². The fourth-order valence-corrected chi connectivity index (χ4v) is 3.96. The highest BCUT2D eigenvalue weighted by atomic mass is 16.4. The number of benzene rings is 1. The molecule has 0 saturated carbocycles. The summed E-state index contributed by atoms with van der Waals surface area (Å²) >= 11 is 0. The van der Waals surface area contributed by atoms with Gasteiger partial charge in [-0.1, -0.05) is 18.2 Å². The van der Waals surface area contributed by atoms with Crippen molar-refractivity contribution >= 4 is 22.8 Å². The molecule has 1 atom stereocenters. The van der Waals surface area contributed by atoms with E-state index in [0.29, 0.717) is 43.3 Å². The summed E-state index contributed by atoms with van der Waals surface area (Å²) in [6.07, 6.45) is 0.808. The van der Waals surface area contributed by atoms with Crippen molar-refractivity contribution in [3.8, 4) is 0 Å². The molecular weight excluding hydrogens is 336 g/mol. The van der Waals surface area contributed by atoms with E-state index in [9.17, 15) is 19.5 Å². The van der Waals surface area contributed by atoms with Crippen molar-refractivity contribution in [3.05, 3.63) is 46.3 Å². The Balaban J connectivity index is 1.55. The third kappa shape index (κ3) is 2.78. The summed E-state index contributed by atoms with van der Waals surface area (Å²) in [4.78, 5) is 38.9. The zero-order valence-corrected chi connectivity index (χ0v) is 14.2. The maximum absolute atomic E-state index is 12.8. The third-order valence-electron chi connectivity index (χ3n) is 5.49. The van der Waals surface area contributed by atoms with E-state index < -0.39 is 17.1 Å². The predicted molar refractivity (Wildman–Crippen MR) is 93.7 cm³/mol. The normalized spacial score (nSPS) is 22.4. The number of fused-ring (bicyclic) bond motifs is 1. The Kier molecular flexibility index (Phi) is 4.03. The molecule has 3 heterocycles. The first kappa shape index (κ1) is 16.8. The van der Waals surface area contributed by atoms with E-state index in [1.165, 1.54) is 0 Å². The molecule has 4 rings (SSSR count). The van der Waals surface area contributed by atoms with Gasteiger partial charge in [-0.25, -0.2) is 4.79 Å². The number of amides is 2. The van der Waals surface area contributed by atoms with Crippen LogP contribution in [0.1, 0.15) is 29.6 Å². The molecular formula is C19H20N2O5. The molecule has 2 aliphatic heterocycles. The Morgan fingerprint density at radius 3 is 2.73 bits per heavy atom. The van der Waals surface area contributed by atoms with E-state index in [2.05, 4.69) is 5.32 Å². The summed E-state index contributed by atoms with van der Waals surface area (Å²) in [7, 11) is 0. The molecule has 2 N–H and O–H groups in total. The summed E-state index contributed by atoms with van der Waals surface area (Å²) in [5.41, 5.74) is -0.824. The molecule has 2 aromatic rings. The molecule has 2 fully saturated rings. The number of piperidine rings is 2. The van der Waals surface area contributed by atoms with Crippen molar-refractivity contribution in [2.75, 3.05) is 19.6 Å². The molecule has 0 radical (unpaired) electrons. The lowest BCUT2D eigenvalue weighted by molar-refractivity contribution is -0.140. The van der Waals surface area contributed by atoms with Gasteiger partial charge in [0.2, 0.25) is 5.91 Å². The van der Waals surface area contributed by atoms with Crippen molar-refractivity contribution < 1.29 is 19.1 Å². The van der Waals surface area contributed by atoms with Crippen LogP contribution in [0.25, 0.3) is 11.0 Å².